The molecule has 0 spiro atoms. The molecule has 216 valence electrons. The van der Waals surface area contributed by atoms with Crippen LogP contribution >= 0.6 is 11.6 Å². The molecule has 1 aliphatic carbocycles. The Bertz CT molecular complexity index is 1390. The SMILES string of the molecule is O=C(NC1CCC(F)(F)CC1)C(c1ccccc1Cl)N(C(=O)C1CCC(O)N1c1ncccn1)c1cccc(F)c1. The van der Waals surface area contributed by atoms with Gasteiger partial charge in [0, 0.05) is 47.6 Å². The van der Waals surface area contributed by atoms with Crippen molar-refractivity contribution in [3.05, 3.63) is 83.4 Å². The average Bonchev–Trinajstić information content (AvgIpc) is 3.34. The van der Waals surface area contributed by atoms with Crippen molar-refractivity contribution in [1.29, 1.82) is 0 Å². The lowest BCUT2D eigenvalue weighted by Gasteiger charge is -2.37. The van der Waals surface area contributed by atoms with E-state index in [-0.39, 0.29) is 60.7 Å². The number of amides is 2. The molecule has 5 rings (SSSR count). The van der Waals surface area contributed by atoms with Crippen LogP contribution in [-0.4, -0.2) is 51.1 Å². The Hall–Kier alpha value is -3.70. The zero-order valence-electron chi connectivity index (χ0n) is 22.0. The van der Waals surface area contributed by atoms with Crippen molar-refractivity contribution in [2.24, 2.45) is 0 Å². The van der Waals surface area contributed by atoms with Crippen molar-refractivity contribution in [3.8, 4) is 0 Å². The zero-order valence-corrected chi connectivity index (χ0v) is 22.7. The summed E-state index contributed by atoms with van der Waals surface area (Å²) in [4.78, 5) is 39.4. The van der Waals surface area contributed by atoms with Gasteiger partial charge in [0.15, 0.2) is 0 Å². The summed E-state index contributed by atoms with van der Waals surface area (Å²) in [7, 11) is 0. The second kappa shape index (κ2) is 12.0. The third-order valence-corrected chi connectivity index (χ3v) is 7.86. The molecule has 0 radical (unpaired) electrons. The van der Waals surface area contributed by atoms with E-state index in [1.807, 2.05) is 0 Å². The topological polar surface area (TPSA) is 98.7 Å². The first kappa shape index (κ1) is 28.8. The van der Waals surface area contributed by atoms with Gasteiger partial charge in [-0.25, -0.2) is 23.1 Å². The first-order valence-corrected chi connectivity index (χ1v) is 13.8. The normalized spacial score (nSPS) is 21.3. The molecule has 1 aromatic heterocycles. The van der Waals surface area contributed by atoms with Gasteiger partial charge in [0.1, 0.15) is 24.1 Å². The maximum absolute atomic E-state index is 14.6. The summed E-state index contributed by atoms with van der Waals surface area (Å²) in [5, 5.41) is 13.8. The lowest BCUT2D eigenvalue weighted by molar-refractivity contribution is -0.128. The smallest absolute Gasteiger partial charge is 0.250 e. The van der Waals surface area contributed by atoms with Gasteiger partial charge in [-0.1, -0.05) is 35.9 Å². The van der Waals surface area contributed by atoms with Gasteiger partial charge in [0.05, 0.1) is 0 Å². The second-order valence-electron chi connectivity index (χ2n) is 10.3. The predicted molar refractivity (Wildman–Crippen MR) is 147 cm³/mol. The Morgan fingerprint density at radius 2 is 1.73 bits per heavy atom. The fourth-order valence-corrected chi connectivity index (χ4v) is 5.72. The molecule has 2 fully saturated rings. The van der Waals surface area contributed by atoms with Gasteiger partial charge in [-0.3, -0.25) is 14.5 Å². The van der Waals surface area contributed by atoms with E-state index >= 15 is 0 Å². The van der Waals surface area contributed by atoms with Gasteiger partial charge in [0.25, 0.3) is 5.91 Å². The molecule has 0 bridgehead atoms. The molecule has 1 aliphatic heterocycles. The van der Waals surface area contributed by atoms with E-state index in [0.29, 0.717) is 0 Å². The van der Waals surface area contributed by atoms with Crippen LogP contribution in [0.4, 0.5) is 24.8 Å². The molecule has 2 aromatic carbocycles. The summed E-state index contributed by atoms with van der Waals surface area (Å²) < 4.78 is 42.2. The van der Waals surface area contributed by atoms with Crippen molar-refractivity contribution in [3.63, 3.8) is 0 Å². The van der Waals surface area contributed by atoms with Crippen LogP contribution in [0.3, 0.4) is 0 Å². The molecule has 2 heterocycles. The van der Waals surface area contributed by atoms with Gasteiger partial charge in [-0.05, 0) is 56.0 Å². The molecule has 2 aliphatic rings. The van der Waals surface area contributed by atoms with Gasteiger partial charge in [0.2, 0.25) is 17.8 Å². The van der Waals surface area contributed by atoms with E-state index in [0.717, 1.165) is 11.0 Å². The Balaban J connectivity index is 1.57. The Morgan fingerprint density at radius 3 is 2.41 bits per heavy atom. The minimum Gasteiger partial charge on any atom is -0.373 e. The van der Waals surface area contributed by atoms with Gasteiger partial charge < -0.3 is 15.3 Å². The highest BCUT2D eigenvalue weighted by Gasteiger charge is 2.45. The fourth-order valence-electron chi connectivity index (χ4n) is 5.48. The van der Waals surface area contributed by atoms with Crippen molar-refractivity contribution in [2.45, 2.75) is 68.8 Å². The molecule has 41 heavy (non-hydrogen) atoms. The third kappa shape index (κ3) is 6.31. The first-order chi connectivity index (χ1) is 19.6. The number of carbonyl (C=O) groups is 2. The van der Waals surface area contributed by atoms with Gasteiger partial charge in [-0.2, -0.15) is 0 Å². The van der Waals surface area contributed by atoms with Crippen LogP contribution in [-0.2, 0) is 9.59 Å². The molecule has 2 amide bonds. The highest BCUT2D eigenvalue weighted by atomic mass is 35.5. The molecular formula is C29H29ClF3N5O3. The number of alkyl halides is 2. The highest BCUT2D eigenvalue weighted by molar-refractivity contribution is 6.31. The van der Waals surface area contributed by atoms with E-state index in [1.165, 1.54) is 35.5 Å². The van der Waals surface area contributed by atoms with Crippen molar-refractivity contribution >= 4 is 35.1 Å². The van der Waals surface area contributed by atoms with Crippen LogP contribution in [0.15, 0.2) is 67.0 Å². The van der Waals surface area contributed by atoms with Crippen LogP contribution < -0.4 is 15.1 Å². The number of aliphatic hydroxyl groups is 1. The summed E-state index contributed by atoms with van der Waals surface area (Å²) in [6.45, 7) is 0. The summed E-state index contributed by atoms with van der Waals surface area (Å²) in [5.74, 6) is -4.57. The predicted octanol–water partition coefficient (Wildman–Crippen LogP) is 5.02. The largest absolute Gasteiger partial charge is 0.373 e. The van der Waals surface area contributed by atoms with Crippen LogP contribution in [0.25, 0.3) is 0 Å². The fraction of sp³-hybridized carbons (Fsp3) is 0.379. The van der Waals surface area contributed by atoms with Crippen molar-refractivity contribution < 1.29 is 27.9 Å². The molecule has 3 aromatic rings. The Morgan fingerprint density at radius 1 is 1.02 bits per heavy atom. The zero-order chi connectivity index (χ0) is 29.1. The minimum absolute atomic E-state index is 0.0653. The number of anilines is 2. The van der Waals surface area contributed by atoms with E-state index in [4.69, 9.17) is 11.6 Å². The maximum Gasteiger partial charge on any atom is 0.250 e. The molecule has 1 saturated carbocycles. The quantitative estimate of drug-likeness (QED) is 0.403. The number of carbonyl (C=O) groups excluding carboxylic acids is 2. The van der Waals surface area contributed by atoms with Crippen LogP contribution in [0, 0.1) is 5.82 Å². The minimum atomic E-state index is -2.79. The van der Waals surface area contributed by atoms with Crippen LogP contribution in [0.5, 0.6) is 0 Å². The summed E-state index contributed by atoms with van der Waals surface area (Å²) in [6.07, 6.45) is 1.72. The van der Waals surface area contributed by atoms with E-state index in [9.17, 15) is 27.9 Å². The third-order valence-electron chi connectivity index (χ3n) is 7.52. The molecule has 2 N–H and O–H groups in total. The van der Waals surface area contributed by atoms with Crippen molar-refractivity contribution in [1.82, 2.24) is 15.3 Å². The molecule has 12 heteroatoms. The number of nitrogens with zero attached hydrogens (tertiary/aromatic N) is 4. The number of hydrogen-bond donors (Lipinski definition) is 2. The lowest BCUT2D eigenvalue weighted by atomic mass is 9.91. The van der Waals surface area contributed by atoms with Crippen LogP contribution in [0.1, 0.15) is 50.1 Å². The Labute approximate surface area is 240 Å². The standard InChI is InChI=1S/C29H29ClF3N5O3/c30-22-8-2-1-7-21(22)25(26(40)36-19-11-13-29(32,33)14-12-19)37(20-6-3-5-18(31)17-20)27(41)23-9-10-24(39)38(23)28-34-15-4-16-35-28/h1-8,15-17,19,23-25,39H,9-14H2,(H,36,40). The van der Waals surface area contributed by atoms with Gasteiger partial charge in [-0.15, -0.1) is 0 Å². The lowest BCUT2D eigenvalue weighted by Crippen LogP contribution is -2.54. The molecular weight excluding hydrogens is 559 g/mol. The number of hydrogen-bond acceptors (Lipinski definition) is 6. The number of aromatic nitrogens is 2. The number of rotatable bonds is 7. The van der Waals surface area contributed by atoms with Gasteiger partial charge >= 0.3 is 0 Å². The molecule has 3 atom stereocenters. The number of benzene rings is 2. The van der Waals surface area contributed by atoms with E-state index < -0.39 is 47.9 Å². The van der Waals surface area contributed by atoms with E-state index in [1.54, 1.807) is 30.3 Å². The van der Waals surface area contributed by atoms with E-state index in [2.05, 4.69) is 15.3 Å². The maximum atomic E-state index is 14.6. The molecule has 3 unspecified atom stereocenters. The monoisotopic (exact) mass is 587 g/mol. The van der Waals surface area contributed by atoms with Crippen LogP contribution in [0.2, 0.25) is 5.02 Å². The highest BCUT2D eigenvalue weighted by Crippen LogP contribution is 2.38. The number of halogens is 4. The Kier molecular flexibility index (Phi) is 8.46. The number of aliphatic hydroxyl groups excluding tert-OH is 1. The molecule has 8 nitrogen and oxygen atoms in total. The summed E-state index contributed by atoms with van der Waals surface area (Å²) in [6, 6.07) is 10.4. The first-order valence-electron chi connectivity index (χ1n) is 13.4. The average molecular weight is 588 g/mol. The second-order valence-corrected chi connectivity index (χ2v) is 10.7. The van der Waals surface area contributed by atoms with Crippen molar-refractivity contribution in [2.75, 3.05) is 9.80 Å². The summed E-state index contributed by atoms with van der Waals surface area (Å²) >= 11 is 6.56. The molecule has 1 saturated heterocycles. The number of nitrogens with one attached hydrogen (secondary N) is 1. The summed E-state index contributed by atoms with van der Waals surface area (Å²) in [5.41, 5.74) is 0.354.